The van der Waals surface area contributed by atoms with Crippen molar-refractivity contribution >= 4 is 15.9 Å². The van der Waals surface area contributed by atoms with Crippen LogP contribution in [-0.4, -0.2) is 36.2 Å². The molecule has 20 heavy (non-hydrogen) atoms. The highest BCUT2D eigenvalue weighted by Gasteiger charge is 2.36. The fourth-order valence-corrected chi connectivity index (χ4v) is 3.46. The molecular weight excluding hydrogens is 323 g/mol. The highest BCUT2D eigenvalue weighted by molar-refractivity contribution is 9.10. The lowest BCUT2D eigenvalue weighted by Gasteiger charge is -2.43. The Morgan fingerprint density at radius 1 is 1.30 bits per heavy atom. The summed E-state index contributed by atoms with van der Waals surface area (Å²) in [6, 6.07) is 2.93. The van der Waals surface area contributed by atoms with Gasteiger partial charge >= 0.3 is 0 Å². The quantitative estimate of drug-likeness (QED) is 0.864. The molecule has 0 aromatic heterocycles. The van der Waals surface area contributed by atoms with Crippen molar-refractivity contribution in [2.75, 3.05) is 26.2 Å². The third-order valence-corrected chi connectivity index (χ3v) is 4.42. The van der Waals surface area contributed by atoms with Crippen LogP contribution in [0.15, 0.2) is 16.6 Å². The lowest BCUT2D eigenvalue weighted by Crippen LogP contribution is -2.48. The van der Waals surface area contributed by atoms with E-state index in [2.05, 4.69) is 46.9 Å². The average Bonchev–Trinajstić information content (AvgIpc) is 2.39. The van der Waals surface area contributed by atoms with Crippen LogP contribution in [0.4, 0.5) is 4.39 Å². The number of phenols is 1. The zero-order valence-electron chi connectivity index (χ0n) is 12.2. The predicted molar refractivity (Wildman–Crippen MR) is 82.4 cm³/mol. The summed E-state index contributed by atoms with van der Waals surface area (Å²) in [5.41, 5.74) is 0.546. The van der Waals surface area contributed by atoms with Gasteiger partial charge in [-0.05, 0) is 17.5 Å². The molecule has 112 valence electrons. The molecule has 1 heterocycles. The molecule has 0 bridgehead atoms. The van der Waals surface area contributed by atoms with Crippen molar-refractivity contribution < 1.29 is 9.50 Å². The van der Waals surface area contributed by atoms with Gasteiger partial charge in [-0.25, -0.2) is 4.39 Å². The second-order valence-corrected chi connectivity index (χ2v) is 7.20. The SMILES string of the molecule is CC(C)(C)[C@H](c1c(Br)ccc(F)c1O)N1CCNCC1. The average molecular weight is 345 g/mol. The van der Waals surface area contributed by atoms with Crippen molar-refractivity contribution in [1.82, 2.24) is 10.2 Å². The number of halogens is 2. The minimum absolute atomic E-state index is 0.0327. The van der Waals surface area contributed by atoms with Gasteiger partial charge in [0.05, 0.1) is 0 Å². The first-order valence-corrected chi connectivity index (χ1v) is 7.73. The van der Waals surface area contributed by atoms with E-state index in [1.54, 1.807) is 6.07 Å². The van der Waals surface area contributed by atoms with Crippen molar-refractivity contribution in [3.63, 3.8) is 0 Å². The second-order valence-electron chi connectivity index (χ2n) is 6.35. The number of piperazine rings is 1. The Kier molecular flexibility index (Phi) is 4.72. The molecular formula is C15H22BrFN2O. The second kappa shape index (κ2) is 6.00. The topological polar surface area (TPSA) is 35.5 Å². The Hall–Kier alpha value is -0.650. The van der Waals surface area contributed by atoms with Gasteiger partial charge in [-0.2, -0.15) is 0 Å². The van der Waals surface area contributed by atoms with E-state index in [0.717, 1.165) is 30.7 Å². The third-order valence-electron chi connectivity index (χ3n) is 3.73. The summed E-state index contributed by atoms with van der Waals surface area (Å²) >= 11 is 3.47. The molecule has 0 radical (unpaired) electrons. The first-order chi connectivity index (χ1) is 9.32. The zero-order chi connectivity index (χ0) is 14.9. The lowest BCUT2D eigenvalue weighted by molar-refractivity contribution is 0.0832. The van der Waals surface area contributed by atoms with Crippen LogP contribution in [-0.2, 0) is 0 Å². The van der Waals surface area contributed by atoms with Gasteiger partial charge in [-0.15, -0.1) is 0 Å². The molecule has 0 amide bonds. The van der Waals surface area contributed by atoms with E-state index < -0.39 is 5.82 Å². The van der Waals surface area contributed by atoms with E-state index in [4.69, 9.17) is 0 Å². The molecule has 1 aromatic rings. The Morgan fingerprint density at radius 2 is 1.90 bits per heavy atom. The maximum atomic E-state index is 13.8. The molecule has 2 rings (SSSR count). The molecule has 0 spiro atoms. The van der Waals surface area contributed by atoms with Gasteiger partial charge in [0.2, 0.25) is 0 Å². The fourth-order valence-electron chi connectivity index (χ4n) is 2.92. The Bertz CT molecular complexity index is 481. The standard InChI is InChI=1S/C15H22BrFN2O/c1-15(2,3)14(19-8-6-18-7-9-19)12-10(16)4-5-11(17)13(12)20/h4-5,14,18,20H,6-9H2,1-3H3/t14-/m0/s1. The van der Waals surface area contributed by atoms with Crippen molar-refractivity contribution in [2.24, 2.45) is 5.41 Å². The van der Waals surface area contributed by atoms with Crippen molar-refractivity contribution in [3.8, 4) is 5.75 Å². The first kappa shape index (κ1) is 15.7. The minimum atomic E-state index is -0.562. The maximum absolute atomic E-state index is 13.8. The summed E-state index contributed by atoms with van der Waals surface area (Å²) in [6.45, 7) is 9.98. The molecule has 0 unspecified atom stereocenters. The molecule has 0 aliphatic carbocycles. The van der Waals surface area contributed by atoms with E-state index in [0.29, 0.717) is 5.56 Å². The van der Waals surface area contributed by atoms with Crippen molar-refractivity contribution in [1.29, 1.82) is 0 Å². The minimum Gasteiger partial charge on any atom is -0.505 e. The highest BCUT2D eigenvalue weighted by Crippen LogP contribution is 2.45. The summed E-state index contributed by atoms with van der Waals surface area (Å²) < 4.78 is 14.5. The molecule has 5 heteroatoms. The molecule has 2 N–H and O–H groups in total. The zero-order valence-corrected chi connectivity index (χ0v) is 13.8. The molecule has 1 saturated heterocycles. The van der Waals surface area contributed by atoms with E-state index in [1.165, 1.54) is 6.07 Å². The molecule has 1 atom stereocenters. The number of rotatable bonds is 2. The maximum Gasteiger partial charge on any atom is 0.165 e. The van der Waals surface area contributed by atoms with Gasteiger partial charge in [0.15, 0.2) is 11.6 Å². The highest BCUT2D eigenvalue weighted by atomic mass is 79.9. The molecule has 1 aromatic carbocycles. The monoisotopic (exact) mass is 344 g/mol. The molecule has 3 nitrogen and oxygen atoms in total. The van der Waals surface area contributed by atoms with Crippen LogP contribution in [0.25, 0.3) is 0 Å². The summed E-state index contributed by atoms with van der Waals surface area (Å²) in [7, 11) is 0. The van der Waals surface area contributed by atoms with Crippen LogP contribution < -0.4 is 5.32 Å². The number of aromatic hydroxyl groups is 1. The summed E-state index contributed by atoms with van der Waals surface area (Å²) in [4.78, 5) is 2.32. The van der Waals surface area contributed by atoms with Crippen LogP contribution in [0.5, 0.6) is 5.75 Å². The smallest absolute Gasteiger partial charge is 0.165 e. The van der Waals surface area contributed by atoms with Gasteiger partial charge < -0.3 is 10.4 Å². The third kappa shape index (κ3) is 3.15. The Balaban J connectivity index is 2.49. The number of nitrogens with one attached hydrogen (secondary N) is 1. The van der Waals surface area contributed by atoms with Crippen LogP contribution in [0.2, 0.25) is 0 Å². The van der Waals surface area contributed by atoms with Crippen LogP contribution >= 0.6 is 15.9 Å². The summed E-state index contributed by atoms with van der Waals surface area (Å²) in [6.07, 6.45) is 0. The lowest BCUT2D eigenvalue weighted by atomic mass is 9.80. The molecule has 0 saturated carbocycles. The normalized spacial score (nSPS) is 19.1. The molecule has 1 aliphatic rings. The van der Waals surface area contributed by atoms with Gasteiger partial charge in [0, 0.05) is 42.3 Å². The van der Waals surface area contributed by atoms with Gasteiger partial charge in [-0.3, -0.25) is 4.90 Å². The summed E-state index contributed by atoms with van der Waals surface area (Å²) in [5.74, 6) is -0.801. The van der Waals surface area contributed by atoms with E-state index in [1.807, 2.05) is 0 Å². The molecule has 1 aliphatic heterocycles. The van der Waals surface area contributed by atoms with Crippen LogP contribution in [0.1, 0.15) is 32.4 Å². The largest absolute Gasteiger partial charge is 0.505 e. The number of nitrogens with zero attached hydrogens (tertiary/aromatic N) is 1. The predicted octanol–water partition coefficient (Wildman–Crippen LogP) is 3.29. The van der Waals surface area contributed by atoms with Gasteiger partial charge in [0.25, 0.3) is 0 Å². The van der Waals surface area contributed by atoms with Gasteiger partial charge in [0.1, 0.15) is 0 Å². The first-order valence-electron chi connectivity index (χ1n) is 6.94. The van der Waals surface area contributed by atoms with E-state index in [9.17, 15) is 9.50 Å². The van der Waals surface area contributed by atoms with E-state index >= 15 is 0 Å². The van der Waals surface area contributed by atoms with Gasteiger partial charge in [-0.1, -0.05) is 36.7 Å². The Labute approximate surface area is 128 Å². The van der Waals surface area contributed by atoms with Crippen molar-refractivity contribution in [2.45, 2.75) is 26.8 Å². The molecule has 1 fully saturated rings. The van der Waals surface area contributed by atoms with Crippen LogP contribution in [0.3, 0.4) is 0 Å². The fraction of sp³-hybridized carbons (Fsp3) is 0.600. The number of hydrogen-bond donors (Lipinski definition) is 2. The number of phenolic OH excluding ortho intramolecular Hbond substituents is 1. The summed E-state index contributed by atoms with van der Waals surface area (Å²) in [5, 5.41) is 13.5. The number of hydrogen-bond acceptors (Lipinski definition) is 3. The van der Waals surface area contributed by atoms with E-state index in [-0.39, 0.29) is 17.2 Å². The van der Waals surface area contributed by atoms with Crippen molar-refractivity contribution in [3.05, 3.63) is 28.0 Å². The van der Waals surface area contributed by atoms with Crippen LogP contribution in [0, 0.1) is 11.2 Å². The number of benzene rings is 1. The Morgan fingerprint density at radius 3 is 2.45 bits per heavy atom.